The Balaban J connectivity index is 1.64. The van der Waals surface area contributed by atoms with Gasteiger partial charge < -0.3 is 4.74 Å². The van der Waals surface area contributed by atoms with Gasteiger partial charge in [0.15, 0.2) is 0 Å². The molecular formula is C18H16BrN3OS. The van der Waals surface area contributed by atoms with E-state index in [0.717, 1.165) is 32.2 Å². The number of nitrogens with zero attached hydrogens (tertiary/aromatic N) is 2. The molecule has 4 nitrogen and oxygen atoms in total. The topological polar surface area (TPSA) is 46.5 Å². The Kier molecular flexibility index (Phi) is 5.61. The van der Waals surface area contributed by atoms with Crippen LogP contribution in [0.3, 0.4) is 0 Å². The van der Waals surface area contributed by atoms with Gasteiger partial charge in [0.2, 0.25) is 5.13 Å². The zero-order chi connectivity index (χ0) is 16.8. The summed E-state index contributed by atoms with van der Waals surface area (Å²) in [7, 11) is 0. The lowest BCUT2D eigenvalue weighted by Gasteiger charge is -2.05. The molecule has 0 atom stereocenters. The number of rotatable bonds is 6. The first-order chi connectivity index (χ1) is 11.8. The van der Waals surface area contributed by atoms with Crippen molar-refractivity contribution in [3.8, 4) is 17.0 Å². The first-order valence-electron chi connectivity index (χ1n) is 7.48. The minimum atomic E-state index is 0.640. The predicted molar refractivity (Wildman–Crippen MR) is 104 cm³/mol. The lowest BCUT2D eigenvalue weighted by molar-refractivity contribution is 0.338. The van der Waals surface area contributed by atoms with Gasteiger partial charge in [0.05, 0.1) is 23.0 Å². The van der Waals surface area contributed by atoms with Crippen LogP contribution in [0.4, 0.5) is 5.13 Å². The second kappa shape index (κ2) is 8.08. The predicted octanol–water partition coefficient (Wildman–Crippen LogP) is 5.42. The third kappa shape index (κ3) is 4.21. The van der Waals surface area contributed by atoms with Gasteiger partial charge in [0.1, 0.15) is 5.75 Å². The molecular weight excluding hydrogens is 386 g/mol. The van der Waals surface area contributed by atoms with E-state index in [-0.39, 0.29) is 0 Å². The van der Waals surface area contributed by atoms with E-state index < -0.39 is 0 Å². The van der Waals surface area contributed by atoms with E-state index in [4.69, 9.17) is 4.74 Å². The largest absolute Gasteiger partial charge is 0.493 e. The van der Waals surface area contributed by atoms with Crippen molar-refractivity contribution in [1.29, 1.82) is 0 Å². The van der Waals surface area contributed by atoms with Crippen molar-refractivity contribution in [1.82, 2.24) is 4.98 Å². The van der Waals surface area contributed by atoms with Crippen molar-refractivity contribution in [2.75, 3.05) is 12.0 Å². The van der Waals surface area contributed by atoms with Crippen molar-refractivity contribution in [3.63, 3.8) is 0 Å². The highest BCUT2D eigenvalue weighted by molar-refractivity contribution is 9.10. The molecule has 0 saturated carbocycles. The van der Waals surface area contributed by atoms with Crippen LogP contribution in [0.15, 0.2) is 63.5 Å². The van der Waals surface area contributed by atoms with Crippen molar-refractivity contribution in [2.45, 2.75) is 6.92 Å². The van der Waals surface area contributed by atoms with E-state index in [1.807, 2.05) is 60.8 Å². The van der Waals surface area contributed by atoms with E-state index >= 15 is 0 Å². The Labute approximate surface area is 153 Å². The quantitative estimate of drug-likeness (QED) is 0.443. The summed E-state index contributed by atoms with van der Waals surface area (Å²) in [5, 5.41) is 7.02. The zero-order valence-corrected chi connectivity index (χ0v) is 15.5. The highest BCUT2D eigenvalue weighted by Crippen LogP contribution is 2.26. The molecule has 0 saturated heterocycles. The Morgan fingerprint density at radius 3 is 2.83 bits per heavy atom. The van der Waals surface area contributed by atoms with Crippen molar-refractivity contribution in [3.05, 3.63) is 63.9 Å². The molecule has 122 valence electrons. The smallest absolute Gasteiger partial charge is 0.203 e. The van der Waals surface area contributed by atoms with Gasteiger partial charge in [0, 0.05) is 10.9 Å². The number of aromatic nitrogens is 1. The maximum absolute atomic E-state index is 5.49. The van der Waals surface area contributed by atoms with Gasteiger partial charge in [-0.25, -0.2) is 4.98 Å². The van der Waals surface area contributed by atoms with Crippen LogP contribution in [0, 0.1) is 0 Å². The summed E-state index contributed by atoms with van der Waals surface area (Å²) in [4.78, 5) is 4.53. The maximum Gasteiger partial charge on any atom is 0.203 e. The minimum absolute atomic E-state index is 0.640. The van der Waals surface area contributed by atoms with Gasteiger partial charge in [-0.3, -0.25) is 5.43 Å². The second-order valence-electron chi connectivity index (χ2n) is 4.90. The summed E-state index contributed by atoms with van der Waals surface area (Å²) in [6.45, 7) is 2.60. The van der Waals surface area contributed by atoms with Gasteiger partial charge in [-0.1, -0.05) is 30.3 Å². The third-order valence-electron chi connectivity index (χ3n) is 3.20. The fraction of sp³-hybridized carbons (Fsp3) is 0.111. The van der Waals surface area contributed by atoms with Crippen LogP contribution in [0.25, 0.3) is 11.3 Å². The molecule has 3 aromatic rings. The van der Waals surface area contributed by atoms with Crippen molar-refractivity contribution >= 4 is 38.6 Å². The van der Waals surface area contributed by atoms with Crippen LogP contribution in [-0.2, 0) is 0 Å². The molecule has 0 bridgehead atoms. The molecule has 0 amide bonds. The van der Waals surface area contributed by atoms with Crippen molar-refractivity contribution < 1.29 is 4.74 Å². The standard InChI is InChI=1S/C18H16BrN3OS/c1-2-23-17-9-8-13(10-15(17)19)11-20-22-18-21-16(12-24-18)14-6-4-3-5-7-14/h3-12H,2H2,1H3,(H,21,22). The van der Waals surface area contributed by atoms with Crippen LogP contribution >= 0.6 is 27.3 Å². The highest BCUT2D eigenvalue weighted by atomic mass is 79.9. The molecule has 1 heterocycles. The SMILES string of the molecule is CCOc1ccc(C=NNc2nc(-c3ccccc3)cs2)cc1Br. The molecule has 0 spiro atoms. The van der Waals surface area contributed by atoms with Gasteiger partial charge in [-0.15, -0.1) is 11.3 Å². The Bertz CT molecular complexity index is 833. The van der Waals surface area contributed by atoms with Gasteiger partial charge in [0.25, 0.3) is 0 Å². The monoisotopic (exact) mass is 401 g/mol. The minimum Gasteiger partial charge on any atom is -0.493 e. The van der Waals surface area contributed by atoms with Gasteiger partial charge >= 0.3 is 0 Å². The summed E-state index contributed by atoms with van der Waals surface area (Å²) < 4.78 is 6.41. The molecule has 1 aromatic heterocycles. The summed E-state index contributed by atoms with van der Waals surface area (Å²) in [5.41, 5.74) is 5.99. The van der Waals surface area contributed by atoms with E-state index in [9.17, 15) is 0 Å². The number of nitrogens with one attached hydrogen (secondary N) is 1. The van der Waals surface area contributed by atoms with E-state index in [0.29, 0.717) is 6.61 Å². The van der Waals surface area contributed by atoms with Crippen LogP contribution in [0.2, 0.25) is 0 Å². The Morgan fingerprint density at radius 1 is 1.25 bits per heavy atom. The molecule has 0 radical (unpaired) electrons. The van der Waals surface area contributed by atoms with Crippen LogP contribution < -0.4 is 10.2 Å². The van der Waals surface area contributed by atoms with Gasteiger partial charge in [-0.2, -0.15) is 5.10 Å². The number of hydrogen-bond donors (Lipinski definition) is 1. The number of hydrogen-bond acceptors (Lipinski definition) is 5. The normalized spacial score (nSPS) is 10.9. The second-order valence-corrected chi connectivity index (χ2v) is 6.61. The molecule has 0 fully saturated rings. The Hall–Kier alpha value is -2.18. The lowest BCUT2D eigenvalue weighted by atomic mass is 10.2. The number of anilines is 1. The zero-order valence-electron chi connectivity index (χ0n) is 13.1. The molecule has 0 aliphatic carbocycles. The molecule has 0 unspecified atom stereocenters. The molecule has 3 rings (SSSR count). The van der Waals surface area contributed by atoms with E-state index in [1.165, 1.54) is 11.3 Å². The molecule has 24 heavy (non-hydrogen) atoms. The fourth-order valence-electron chi connectivity index (χ4n) is 2.10. The number of thiazole rings is 1. The molecule has 6 heteroatoms. The fourth-order valence-corrected chi connectivity index (χ4v) is 3.28. The maximum atomic E-state index is 5.49. The highest BCUT2D eigenvalue weighted by Gasteiger charge is 2.03. The van der Waals surface area contributed by atoms with Crippen LogP contribution in [0.1, 0.15) is 12.5 Å². The molecule has 1 N–H and O–H groups in total. The van der Waals surface area contributed by atoms with E-state index in [2.05, 4.69) is 31.4 Å². The summed E-state index contributed by atoms with van der Waals surface area (Å²) in [6, 6.07) is 15.9. The van der Waals surface area contributed by atoms with E-state index in [1.54, 1.807) is 6.21 Å². The average molecular weight is 402 g/mol. The van der Waals surface area contributed by atoms with Crippen molar-refractivity contribution in [2.24, 2.45) is 5.10 Å². The first-order valence-corrected chi connectivity index (χ1v) is 9.16. The Morgan fingerprint density at radius 2 is 2.08 bits per heavy atom. The number of hydrazone groups is 1. The van der Waals surface area contributed by atoms with Gasteiger partial charge in [-0.05, 0) is 46.6 Å². The summed E-state index contributed by atoms with van der Waals surface area (Å²) in [5.74, 6) is 0.829. The third-order valence-corrected chi connectivity index (χ3v) is 4.57. The first kappa shape index (κ1) is 16.7. The molecule has 0 aliphatic rings. The number of halogens is 1. The lowest BCUT2D eigenvalue weighted by Crippen LogP contribution is -1.94. The molecule has 2 aromatic carbocycles. The van der Waals surface area contributed by atoms with Crippen LogP contribution in [-0.4, -0.2) is 17.8 Å². The van der Waals surface area contributed by atoms with Crippen LogP contribution in [0.5, 0.6) is 5.75 Å². The summed E-state index contributed by atoms with van der Waals surface area (Å²) >= 11 is 5.02. The molecule has 0 aliphatic heterocycles. The number of ether oxygens (including phenoxy) is 1. The average Bonchev–Trinajstić information content (AvgIpc) is 3.07. The summed E-state index contributed by atoms with van der Waals surface area (Å²) in [6.07, 6.45) is 1.75. The number of benzene rings is 2.